The Morgan fingerprint density at radius 1 is 1.38 bits per heavy atom. The van der Waals surface area contributed by atoms with E-state index in [0.29, 0.717) is 6.10 Å². The lowest BCUT2D eigenvalue weighted by atomic mass is 9.84. The van der Waals surface area contributed by atoms with E-state index in [9.17, 15) is 0 Å². The summed E-state index contributed by atoms with van der Waals surface area (Å²) in [4.78, 5) is 0. The number of epoxide rings is 1. The maximum atomic E-state index is 8.62. The van der Waals surface area contributed by atoms with Crippen LogP contribution in [0.5, 0.6) is 0 Å². The largest absolute Gasteiger partial charge is 0.393 e. The van der Waals surface area contributed by atoms with Crippen molar-refractivity contribution in [2.24, 2.45) is 5.92 Å². The average Bonchev–Trinajstić information content (AvgIpc) is 2.71. The van der Waals surface area contributed by atoms with Gasteiger partial charge in [0.15, 0.2) is 0 Å². The molecule has 2 fully saturated rings. The Bertz CT molecular complexity index is 109. The molecule has 2 heteroatoms. The Morgan fingerprint density at radius 3 is 2.00 bits per heavy atom. The molecule has 1 aliphatic heterocycles. The fraction of sp³-hybridized carbons (Fsp3) is 1.00. The van der Waals surface area contributed by atoms with Crippen molar-refractivity contribution in [1.82, 2.24) is 0 Å². The van der Waals surface area contributed by atoms with Crippen LogP contribution in [-0.4, -0.2) is 23.9 Å². The summed E-state index contributed by atoms with van der Waals surface area (Å²) in [6.45, 7) is 5.36. The third-order valence-corrected chi connectivity index (χ3v) is 2.36. The van der Waals surface area contributed by atoms with Gasteiger partial charge in [0, 0.05) is 0 Å². The SMILES string of the molecule is C.CC1CC(O)C1.CCCC1CO1. The summed E-state index contributed by atoms with van der Waals surface area (Å²) in [5.41, 5.74) is 0. The molecule has 1 saturated carbocycles. The molecule has 0 radical (unpaired) electrons. The van der Waals surface area contributed by atoms with E-state index in [1.807, 2.05) is 0 Å². The molecule has 0 aromatic carbocycles. The van der Waals surface area contributed by atoms with Gasteiger partial charge in [-0.2, -0.15) is 0 Å². The van der Waals surface area contributed by atoms with E-state index in [0.717, 1.165) is 25.4 Å². The molecule has 2 nitrogen and oxygen atoms in total. The second-order valence-electron chi connectivity index (χ2n) is 3.97. The lowest BCUT2D eigenvalue weighted by Crippen LogP contribution is -2.25. The van der Waals surface area contributed by atoms with Crippen molar-refractivity contribution in [3.8, 4) is 0 Å². The first-order valence-corrected chi connectivity index (χ1v) is 5.02. The van der Waals surface area contributed by atoms with Gasteiger partial charge < -0.3 is 9.84 Å². The first-order valence-electron chi connectivity index (χ1n) is 5.02. The number of rotatable bonds is 2. The van der Waals surface area contributed by atoms with Crippen LogP contribution in [0.3, 0.4) is 0 Å². The van der Waals surface area contributed by atoms with Crippen LogP contribution < -0.4 is 0 Å². The number of aliphatic hydroxyl groups excluding tert-OH is 1. The van der Waals surface area contributed by atoms with Crippen LogP contribution >= 0.6 is 0 Å². The molecule has 1 unspecified atom stereocenters. The Morgan fingerprint density at radius 2 is 1.92 bits per heavy atom. The van der Waals surface area contributed by atoms with Crippen LogP contribution in [0, 0.1) is 5.92 Å². The summed E-state index contributed by atoms with van der Waals surface area (Å²) >= 11 is 0. The second-order valence-corrected chi connectivity index (χ2v) is 3.97. The predicted molar refractivity (Wildman–Crippen MR) is 55.8 cm³/mol. The predicted octanol–water partition coefficient (Wildman–Crippen LogP) is 2.60. The first kappa shape index (κ1) is 12.9. The molecular formula is C11H24O2. The van der Waals surface area contributed by atoms with Gasteiger partial charge in [-0.1, -0.05) is 27.7 Å². The molecule has 0 spiro atoms. The summed E-state index contributed by atoms with van der Waals surface area (Å²) in [6, 6.07) is 0. The fourth-order valence-electron chi connectivity index (χ4n) is 1.42. The van der Waals surface area contributed by atoms with Gasteiger partial charge >= 0.3 is 0 Å². The topological polar surface area (TPSA) is 32.8 Å². The van der Waals surface area contributed by atoms with Crippen molar-refractivity contribution in [1.29, 1.82) is 0 Å². The maximum absolute atomic E-state index is 8.62. The van der Waals surface area contributed by atoms with Gasteiger partial charge in [-0.05, 0) is 25.2 Å². The molecule has 2 aliphatic rings. The maximum Gasteiger partial charge on any atom is 0.0809 e. The van der Waals surface area contributed by atoms with Gasteiger partial charge in [-0.3, -0.25) is 0 Å². The molecule has 0 aromatic heterocycles. The van der Waals surface area contributed by atoms with Crippen molar-refractivity contribution >= 4 is 0 Å². The van der Waals surface area contributed by atoms with Gasteiger partial charge in [0.05, 0.1) is 18.8 Å². The third-order valence-electron chi connectivity index (χ3n) is 2.36. The van der Waals surface area contributed by atoms with E-state index in [-0.39, 0.29) is 13.5 Å². The normalized spacial score (nSPS) is 34.8. The molecule has 1 aliphatic carbocycles. The minimum absolute atomic E-state index is 0. The van der Waals surface area contributed by atoms with Crippen molar-refractivity contribution in [3.05, 3.63) is 0 Å². The molecule has 0 bridgehead atoms. The van der Waals surface area contributed by atoms with Crippen LogP contribution in [0.2, 0.25) is 0 Å². The lowest BCUT2D eigenvalue weighted by Gasteiger charge is -2.27. The van der Waals surface area contributed by atoms with E-state index in [2.05, 4.69) is 13.8 Å². The third kappa shape index (κ3) is 6.05. The highest BCUT2D eigenvalue weighted by Gasteiger charge is 2.21. The highest BCUT2D eigenvalue weighted by Crippen LogP contribution is 2.25. The van der Waals surface area contributed by atoms with Crippen molar-refractivity contribution in [3.63, 3.8) is 0 Å². The highest BCUT2D eigenvalue weighted by molar-refractivity contribution is 4.73. The van der Waals surface area contributed by atoms with Crippen molar-refractivity contribution in [2.45, 2.75) is 59.2 Å². The second kappa shape index (κ2) is 6.39. The minimum Gasteiger partial charge on any atom is -0.393 e. The van der Waals surface area contributed by atoms with E-state index in [1.165, 1.54) is 12.8 Å². The number of aliphatic hydroxyl groups is 1. The molecule has 1 saturated heterocycles. The van der Waals surface area contributed by atoms with Crippen molar-refractivity contribution < 1.29 is 9.84 Å². The van der Waals surface area contributed by atoms with Gasteiger partial charge in [0.2, 0.25) is 0 Å². The quantitative estimate of drug-likeness (QED) is 0.676. The Kier molecular flexibility index (Phi) is 6.35. The lowest BCUT2D eigenvalue weighted by molar-refractivity contribution is 0.0513. The zero-order valence-corrected chi connectivity index (χ0v) is 8.12. The Balaban J connectivity index is 0.000000206. The molecule has 1 N–H and O–H groups in total. The van der Waals surface area contributed by atoms with Crippen LogP contribution in [0.25, 0.3) is 0 Å². The number of hydrogen-bond donors (Lipinski definition) is 1. The van der Waals surface area contributed by atoms with E-state index in [1.54, 1.807) is 0 Å². The molecule has 0 amide bonds. The Hall–Kier alpha value is -0.0800. The molecule has 80 valence electrons. The van der Waals surface area contributed by atoms with Crippen LogP contribution in [0.15, 0.2) is 0 Å². The number of ether oxygens (including phenoxy) is 1. The summed E-state index contributed by atoms with van der Waals surface area (Å²) in [7, 11) is 0. The van der Waals surface area contributed by atoms with E-state index < -0.39 is 0 Å². The van der Waals surface area contributed by atoms with Gasteiger partial charge in [0.25, 0.3) is 0 Å². The van der Waals surface area contributed by atoms with Crippen molar-refractivity contribution in [2.75, 3.05) is 6.61 Å². The van der Waals surface area contributed by atoms with Gasteiger partial charge in [-0.15, -0.1) is 0 Å². The monoisotopic (exact) mass is 188 g/mol. The molecule has 1 heterocycles. The fourth-order valence-corrected chi connectivity index (χ4v) is 1.42. The van der Waals surface area contributed by atoms with Crippen LogP contribution in [-0.2, 0) is 4.74 Å². The molecule has 1 atom stereocenters. The average molecular weight is 188 g/mol. The van der Waals surface area contributed by atoms with Crippen LogP contribution in [0.1, 0.15) is 47.0 Å². The van der Waals surface area contributed by atoms with Crippen LogP contribution in [0.4, 0.5) is 0 Å². The first-order chi connectivity index (χ1) is 5.72. The zero-order chi connectivity index (χ0) is 8.97. The van der Waals surface area contributed by atoms with E-state index in [4.69, 9.17) is 9.84 Å². The standard InChI is InChI=1S/2C5H10O.CH4/c1-4-2-5(6)3-4;1-2-3-5-4-6-5;/h4-6H,2-3H2,1H3;5H,2-4H2,1H3;1H4. The molecule has 0 aromatic rings. The van der Waals surface area contributed by atoms with Gasteiger partial charge in [-0.25, -0.2) is 0 Å². The Labute approximate surface area is 82.3 Å². The molecule has 13 heavy (non-hydrogen) atoms. The molecule has 2 rings (SSSR count). The number of hydrogen-bond acceptors (Lipinski definition) is 2. The molecular weight excluding hydrogens is 164 g/mol. The summed E-state index contributed by atoms with van der Waals surface area (Å²) in [5, 5.41) is 8.62. The zero-order valence-electron chi connectivity index (χ0n) is 8.12. The summed E-state index contributed by atoms with van der Waals surface area (Å²) in [5.74, 6) is 0.792. The van der Waals surface area contributed by atoms with Gasteiger partial charge in [0.1, 0.15) is 0 Å². The summed E-state index contributed by atoms with van der Waals surface area (Å²) < 4.78 is 4.95. The summed E-state index contributed by atoms with van der Waals surface area (Å²) in [6.07, 6.45) is 5.28. The minimum atomic E-state index is 0. The van der Waals surface area contributed by atoms with E-state index >= 15 is 0 Å². The highest BCUT2D eigenvalue weighted by atomic mass is 16.6. The smallest absolute Gasteiger partial charge is 0.0809 e.